The number of carbonyl (C=O) groups is 1. The van der Waals surface area contributed by atoms with Gasteiger partial charge in [0, 0.05) is 60.2 Å². The molecular formula is C33H26ClF3N8O3. The smallest absolute Gasteiger partial charge is 0.356 e. The van der Waals surface area contributed by atoms with Gasteiger partial charge in [0.1, 0.15) is 5.82 Å². The number of rotatable bonds is 2. The summed E-state index contributed by atoms with van der Waals surface area (Å²) in [6.07, 6.45) is 5.97. The number of benzene rings is 3. The number of pyridine rings is 1. The third-order valence-corrected chi connectivity index (χ3v) is 8.65. The standard InChI is InChI=1S/C33H26ClF3N8O3/c1-43-16-21-20-6-3-9-39-28(46)8-7-17-4-2-5-18-13-38-14-27(29(17)18)45-32(47)41-31(40-30(20)22(34)11-26(21)42-43)44(33(45)48)15-19-10-24(36)25(37)12-23(19)35/h2,4-5,10-14,16H,3,6-9,15H2,1H3,(H,39,46)(H,40,41,47). The molecule has 0 fully saturated rings. The Balaban J connectivity index is 1.52. The van der Waals surface area contributed by atoms with Crippen molar-refractivity contribution in [1.82, 2.24) is 34.2 Å². The second-order valence-corrected chi connectivity index (χ2v) is 11.9. The summed E-state index contributed by atoms with van der Waals surface area (Å²) in [4.78, 5) is 49.6. The quantitative estimate of drug-likeness (QED) is 0.255. The molecule has 0 radical (unpaired) electrons. The van der Waals surface area contributed by atoms with Crippen LogP contribution in [-0.2, 0) is 31.2 Å². The Morgan fingerprint density at radius 3 is 2.62 bits per heavy atom. The summed E-state index contributed by atoms with van der Waals surface area (Å²) in [6.45, 7) is -0.284. The Morgan fingerprint density at radius 1 is 0.979 bits per heavy atom. The minimum Gasteiger partial charge on any atom is -0.356 e. The topological polar surface area (TPSA) is 129 Å². The van der Waals surface area contributed by atoms with Crippen molar-refractivity contribution in [2.45, 2.75) is 32.2 Å². The van der Waals surface area contributed by atoms with Crippen LogP contribution in [0.1, 0.15) is 29.5 Å². The Labute approximate surface area is 274 Å². The molecule has 15 heteroatoms. The van der Waals surface area contributed by atoms with Crippen LogP contribution >= 0.6 is 11.6 Å². The SMILES string of the molecule is Cn1cc2c3c(c(Cl)cc2n1)Nc1nc(=O)n(c(=O)n1Cc1cc(F)c(F)cc1F)-c1cncc2cccc(c12)CCC(=O)NCCC3. The third-order valence-electron chi connectivity index (χ3n) is 8.35. The average molecular weight is 675 g/mol. The largest absolute Gasteiger partial charge is 0.359 e. The third kappa shape index (κ3) is 5.57. The molecule has 3 aromatic carbocycles. The first-order valence-electron chi connectivity index (χ1n) is 15.0. The number of halogens is 4. The molecular weight excluding hydrogens is 649 g/mol. The van der Waals surface area contributed by atoms with Crippen molar-refractivity contribution in [3.63, 3.8) is 0 Å². The Hall–Kier alpha value is -5.50. The summed E-state index contributed by atoms with van der Waals surface area (Å²) in [7, 11) is 1.75. The van der Waals surface area contributed by atoms with Gasteiger partial charge in [-0.3, -0.25) is 19.0 Å². The maximum atomic E-state index is 15.0. The van der Waals surface area contributed by atoms with Crippen molar-refractivity contribution in [2.75, 3.05) is 11.9 Å². The predicted molar refractivity (Wildman–Crippen MR) is 173 cm³/mol. The molecule has 48 heavy (non-hydrogen) atoms. The van der Waals surface area contributed by atoms with Crippen molar-refractivity contribution in [3.8, 4) is 5.69 Å². The summed E-state index contributed by atoms with van der Waals surface area (Å²) in [5.41, 5.74) is -0.0249. The van der Waals surface area contributed by atoms with Crippen LogP contribution in [0.15, 0.2) is 64.6 Å². The molecule has 0 saturated carbocycles. The van der Waals surface area contributed by atoms with E-state index in [-0.39, 0.29) is 41.0 Å². The number of anilines is 2. The van der Waals surface area contributed by atoms with Crippen molar-refractivity contribution < 1.29 is 18.0 Å². The van der Waals surface area contributed by atoms with Gasteiger partial charge in [0.25, 0.3) is 0 Å². The van der Waals surface area contributed by atoms with Gasteiger partial charge in [0.05, 0.1) is 34.7 Å². The van der Waals surface area contributed by atoms with E-state index in [0.717, 1.165) is 14.5 Å². The van der Waals surface area contributed by atoms with Gasteiger partial charge in [0.15, 0.2) is 11.6 Å². The van der Waals surface area contributed by atoms with Crippen LogP contribution < -0.4 is 22.0 Å². The molecule has 0 aliphatic carbocycles. The molecule has 11 nitrogen and oxygen atoms in total. The fourth-order valence-corrected chi connectivity index (χ4v) is 6.38. The zero-order valence-electron chi connectivity index (χ0n) is 25.4. The zero-order chi connectivity index (χ0) is 33.7. The van der Waals surface area contributed by atoms with Gasteiger partial charge < -0.3 is 10.6 Å². The van der Waals surface area contributed by atoms with E-state index in [1.165, 1.54) is 6.20 Å². The monoisotopic (exact) mass is 674 g/mol. The first kappa shape index (κ1) is 31.1. The minimum atomic E-state index is -1.40. The highest BCUT2D eigenvalue weighted by molar-refractivity contribution is 6.34. The molecule has 0 atom stereocenters. The van der Waals surface area contributed by atoms with Crippen LogP contribution in [0.5, 0.6) is 0 Å². The van der Waals surface area contributed by atoms with Crippen LogP contribution in [0, 0.1) is 17.5 Å². The Morgan fingerprint density at radius 2 is 1.79 bits per heavy atom. The molecule has 0 saturated heterocycles. The minimum absolute atomic E-state index is 0.0804. The van der Waals surface area contributed by atoms with Gasteiger partial charge in [-0.05, 0) is 42.5 Å². The van der Waals surface area contributed by atoms with E-state index >= 15 is 4.39 Å². The number of aryl methyl sites for hydroxylation is 3. The second kappa shape index (κ2) is 12.3. The number of hydrogen-bond donors (Lipinski definition) is 2. The normalized spacial score (nSPS) is 13.7. The number of nitrogens with one attached hydrogen (secondary N) is 2. The number of hydrogen-bond acceptors (Lipinski definition) is 7. The molecule has 2 N–H and O–H groups in total. The van der Waals surface area contributed by atoms with Crippen LogP contribution in [0.3, 0.4) is 0 Å². The summed E-state index contributed by atoms with van der Waals surface area (Å²) >= 11 is 6.77. The Kier molecular flexibility index (Phi) is 7.95. The number of fused-ring (bicyclic) bond motifs is 9. The van der Waals surface area contributed by atoms with E-state index < -0.39 is 35.4 Å². The lowest BCUT2D eigenvalue weighted by atomic mass is 10.0. The van der Waals surface area contributed by atoms with E-state index in [1.54, 1.807) is 48.4 Å². The number of nitrogens with zero attached hydrogens (tertiary/aromatic N) is 6. The molecule has 0 spiro atoms. The molecule has 8 rings (SSSR count). The van der Waals surface area contributed by atoms with E-state index in [0.29, 0.717) is 64.6 Å². The maximum Gasteiger partial charge on any atom is 0.359 e. The summed E-state index contributed by atoms with van der Waals surface area (Å²) in [6, 6.07) is 7.95. The molecule has 244 valence electrons. The van der Waals surface area contributed by atoms with Crippen LogP contribution in [-0.4, -0.2) is 41.3 Å². The van der Waals surface area contributed by atoms with Crippen molar-refractivity contribution in [3.05, 3.63) is 115 Å². The summed E-state index contributed by atoms with van der Waals surface area (Å²) in [5.74, 6) is -4.32. The number of amides is 1. The highest BCUT2D eigenvalue weighted by Crippen LogP contribution is 2.36. The van der Waals surface area contributed by atoms with Gasteiger partial charge in [-0.15, -0.1) is 0 Å². The first-order chi connectivity index (χ1) is 23.1. The van der Waals surface area contributed by atoms with Gasteiger partial charge >= 0.3 is 11.4 Å². The Bertz CT molecular complexity index is 2400. The predicted octanol–water partition coefficient (Wildman–Crippen LogP) is 4.69. The van der Waals surface area contributed by atoms with Gasteiger partial charge in [-0.25, -0.2) is 27.3 Å². The molecule has 5 heterocycles. The van der Waals surface area contributed by atoms with E-state index in [9.17, 15) is 23.2 Å². The van der Waals surface area contributed by atoms with Crippen LogP contribution in [0.25, 0.3) is 27.4 Å². The summed E-state index contributed by atoms with van der Waals surface area (Å²) in [5, 5.41) is 12.4. The highest BCUT2D eigenvalue weighted by Gasteiger charge is 2.23. The molecule has 6 aromatic rings. The lowest BCUT2D eigenvalue weighted by Gasteiger charge is -2.19. The number of aromatic nitrogens is 6. The fraction of sp³-hybridized carbons (Fsp3) is 0.212. The van der Waals surface area contributed by atoms with Gasteiger partial charge in [-0.2, -0.15) is 10.1 Å². The molecule has 2 aliphatic heterocycles. The van der Waals surface area contributed by atoms with Crippen molar-refractivity contribution in [2.24, 2.45) is 7.05 Å². The van der Waals surface area contributed by atoms with Crippen LogP contribution in [0.2, 0.25) is 5.02 Å². The van der Waals surface area contributed by atoms with E-state index in [4.69, 9.17) is 11.6 Å². The van der Waals surface area contributed by atoms with Crippen molar-refractivity contribution in [1.29, 1.82) is 0 Å². The molecule has 3 aromatic heterocycles. The summed E-state index contributed by atoms with van der Waals surface area (Å²) < 4.78 is 46.6. The van der Waals surface area contributed by atoms with Crippen molar-refractivity contribution >= 4 is 50.8 Å². The molecule has 2 aliphatic rings. The lowest BCUT2D eigenvalue weighted by molar-refractivity contribution is -0.121. The van der Waals surface area contributed by atoms with Gasteiger partial charge in [-0.1, -0.05) is 29.8 Å². The highest BCUT2D eigenvalue weighted by atomic mass is 35.5. The lowest BCUT2D eigenvalue weighted by Crippen LogP contribution is -2.42. The van der Waals surface area contributed by atoms with E-state index in [2.05, 4.69) is 25.7 Å². The average Bonchev–Trinajstić information content (AvgIpc) is 3.42. The molecule has 2 bridgehead atoms. The zero-order valence-corrected chi connectivity index (χ0v) is 26.1. The molecule has 0 unspecified atom stereocenters. The number of carbonyl (C=O) groups excluding carboxylic acids is 1. The first-order valence-corrected chi connectivity index (χ1v) is 15.4. The van der Waals surface area contributed by atoms with Gasteiger partial charge in [0.2, 0.25) is 11.9 Å². The molecule has 1 amide bonds. The van der Waals surface area contributed by atoms with Crippen LogP contribution in [0.4, 0.5) is 24.8 Å². The second-order valence-electron chi connectivity index (χ2n) is 11.5. The fourth-order valence-electron chi connectivity index (χ4n) is 6.12. The van der Waals surface area contributed by atoms with E-state index in [1.807, 2.05) is 0 Å². The maximum absolute atomic E-state index is 15.0.